The number of thioether (sulfide) groups is 1. The van der Waals surface area contributed by atoms with Gasteiger partial charge in [-0.15, -0.1) is 0 Å². The lowest BCUT2D eigenvalue weighted by Crippen LogP contribution is -2.52. The summed E-state index contributed by atoms with van der Waals surface area (Å²) in [5, 5.41) is 5.73. The average Bonchev–Trinajstić information content (AvgIpc) is 2.47. The van der Waals surface area contributed by atoms with Gasteiger partial charge in [0.15, 0.2) is 5.96 Å². The van der Waals surface area contributed by atoms with Gasteiger partial charge in [0.25, 0.3) is 0 Å². The summed E-state index contributed by atoms with van der Waals surface area (Å²) in [5.74, 6) is 1.14. The molecule has 2 N–H and O–H groups in total. The Bertz CT molecular complexity index is 591. The normalized spacial score (nSPS) is 17.7. The van der Waals surface area contributed by atoms with E-state index in [-0.39, 0.29) is 23.0 Å². The van der Waals surface area contributed by atoms with Crippen LogP contribution in [-0.2, 0) is 4.79 Å². The fourth-order valence-electron chi connectivity index (χ4n) is 2.46. The second-order valence-electron chi connectivity index (χ2n) is 5.99. The van der Waals surface area contributed by atoms with E-state index >= 15 is 0 Å². The van der Waals surface area contributed by atoms with Gasteiger partial charge in [-0.25, -0.2) is 4.39 Å². The molecule has 1 saturated heterocycles. The van der Waals surface area contributed by atoms with Crippen molar-refractivity contribution >= 4 is 29.3 Å². The molecule has 0 atom stereocenters. The van der Waals surface area contributed by atoms with Gasteiger partial charge in [0.05, 0.1) is 6.54 Å². The predicted molar refractivity (Wildman–Crippen MR) is 94.5 cm³/mol. The van der Waals surface area contributed by atoms with Crippen molar-refractivity contribution in [2.45, 2.75) is 18.6 Å². The molecule has 5 nitrogen and oxygen atoms in total. The molecule has 0 radical (unpaired) electrons. The summed E-state index contributed by atoms with van der Waals surface area (Å²) >= 11 is 1.94. The van der Waals surface area contributed by atoms with E-state index in [0.717, 1.165) is 18.8 Å². The highest BCUT2D eigenvalue weighted by atomic mass is 32.2. The second-order valence-corrected chi connectivity index (χ2v) is 7.79. The summed E-state index contributed by atoms with van der Waals surface area (Å²) < 4.78 is 13.3. The molecule has 2 rings (SSSR count). The van der Waals surface area contributed by atoms with E-state index in [9.17, 15) is 9.18 Å². The molecule has 1 aliphatic heterocycles. The molecule has 1 amide bonds. The standard InChI is InChI=1S/C16H23FN4OS/c1-16(2)11-21(7-8-23-16)15(18-3)19-10-14(22)20-13-6-4-5-12(17)9-13/h4-6,9H,7-8,10-11H2,1-3H3,(H,18,19)(H,20,22). The number of nitrogens with zero attached hydrogens (tertiary/aromatic N) is 2. The summed E-state index contributed by atoms with van der Waals surface area (Å²) in [4.78, 5) is 18.4. The topological polar surface area (TPSA) is 56.7 Å². The SMILES string of the molecule is CN=C(NCC(=O)Nc1cccc(F)c1)N1CCSC(C)(C)C1. The zero-order valence-electron chi connectivity index (χ0n) is 13.7. The van der Waals surface area contributed by atoms with Crippen LogP contribution in [0, 0.1) is 5.82 Å². The minimum atomic E-state index is -0.375. The fraction of sp³-hybridized carbons (Fsp3) is 0.500. The van der Waals surface area contributed by atoms with Gasteiger partial charge in [0, 0.05) is 36.3 Å². The highest BCUT2D eigenvalue weighted by Gasteiger charge is 2.28. The van der Waals surface area contributed by atoms with Crippen LogP contribution in [0.1, 0.15) is 13.8 Å². The second kappa shape index (κ2) is 7.68. The van der Waals surface area contributed by atoms with E-state index in [2.05, 4.69) is 34.4 Å². The molecule has 1 fully saturated rings. The summed E-state index contributed by atoms with van der Waals surface area (Å²) in [6.07, 6.45) is 0. The monoisotopic (exact) mass is 338 g/mol. The van der Waals surface area contributed by atoms with Crippen LogP contribution in [0.2, 0.25) is 0 Å². The molecular formula is C16H23FN4OS. The van der Waals surface area contributed by atoms with Crippen LogP contribution in [0.25, 0.3) is 0 Å². The van der Waals surface area contributed by atoms with Crippen molar-refractivity contribution in [2.24, 2.45) is 4.99 Å². The number of guanidine groups is 1. The van der Waals surface area contributed by atoms with Crippen molar-refractivity contribution in [3.63, 3.8) is 0 Å². The first-order valence-corrected chi connectivity index (χ1v) is 8.53. The molecule has 0 bridgehead atoms. The van der Waals surface area contributed by atoms with Crippen LogP contribution in [0.4, 0.5) is 10.1 Å². The van der Waals surface area contributed by atoms with Gasteiger partial charge in [0.1, 0.15) is 5.82 Å². The minimum Gasteiger partial charge on any atom is -0.347 e. The molecule has 1 aromatic carbocycles. The zero-order valence-corrected chi connectivity index (χ0v) is 14.5. The zero-order chi connectivity index (χ0) is 16.9. The lowest BCUT2D eigenvalue weighted by molar-refractivity contribution is -0.115. The number of amides is 1. The molecule has 0 unspecified atom stereocenters. The van der Waals surface area contributed by atoms with Gasteiger partial charge in [-0.3, -0.25) is 9.79 Å². The van der Waals surface area contributed by atoms with Gasteiger partial charge < -0.3 is 15.5 Å². The smallest absolute Gasteiger partial charge is 0.243 e. The van der Waals surface area contributed by atoms with Crippen LogP contribution in [0.3, 0.4) is 0 Å². The highest BCUT2D eigenvalue weighted by Crippen LogP contribution is 2.29. The Labute approximate surface area is 140 Å². The van der Waals surface area contributed by atoms with Crippen molar-refractivity contribution in [1.29, 1.82) is 0 Å². The van der Waals surface area contributed by atoms with Gasteiger partial charge in [-0.2, -0.15) is 11.8 Å². The number of anilines is 1. The number of rotatable bonds is 3. The van der Waals surface area contributed by atoms with Crippen LogP contribution in [0.15, 0.2) is 29.3 Å². The number of aliphatic imine (C=N–C) groups is 1. The van der Waals surface area contributed by atoms with Gasteiger partial charge in [0.2, 0.25) is 5.91 Å². The highest BCUT2D eigenvalue weighted by molar-refractivity contribution is 8.00. The quantitative estimate of drug-likeness (QED) is 0.655. The van der Waals surface area contributed by atoms with E-state index in [1.165, 1.54) is 12.1 Å². The number of hydrogen-bond acceptors (Lipinski definition) is 3. The van der Waals surface area contributed by atoms with Gasteiger partial charge in [-0.1, -0.05) is 6.07 Å². The van der Waals surface area contributed by atoms with E-state index in [1.807, 2.05) is 11.8 Å². The van der Waals surface area contributed by atoms with E-state index in [1.54, 1.807) is 19.2 Å². The van der Waals surface area contributed by atoms with Gasteiger partial charge >= 0.3 is 0 Å². The molecule has 0 spiro atoms. The Hall–Kier alpha value is -1.76. The number of hydrogen-bond donors (Lipinski definition) is 2. The Morgan fingerprint density at radius 2 is 2.26 bits per heavy atom. The van der Waals surface area contributed by atoms with Crippen LogP contribution < -0.4 is 10.6 Å². The van der Waals surface area contributed by atoms with E-state index in [4.69, 9.17) is 0 Å². The molecule has 7 heteroatoms. The molecular weight excluding hydrogens is 315 g/mol. The minimum absolute atomic E-state index is 0.0905. The molecule has 23 heavy (non-hydrogen) atoms. The average molecular weight is 338 g/mol. The number of nitrogens with one attached hydrogen (secondary N) is 2. The lowest BCUT2D eigenvalue weighted by atomic mass is 10.2. The van der Waals surface area contributed by atoms with Crippen molar-refractivity contribution in [2.75, 3.05) is 37.8 Å². The third kappa shape index (κ3) is 5.42. The van der Waals surface area contributed by atoms with Crippen LogP contribution in [0.5, 0.6) is 0 Å². The number of halogens is 1. The third-order valence-electron chi connectivity index (χ3n) is 3.45. The fourth-order valence-corrected chi connectivity index (χ4v) is 3.57. The molecule has 1 aliphatic rings. The summed E-state index contributed by atoms with van der Waals surface area (Å²) in [6, 6.07) is 5.84. The van der Waals surface area contributed by atoms with Crippen molar-refractivity contribution < 1.29 is 9.18 Å². The Morgan fingerprint density at radius 3 is 2.91 bits per heavy atom. The predicted octanol–water partition coefficient (Wildman–Crippen LogP) is 2.17. The third-order valence-corrected chi connectivity index (χ3v) is 4.75. The van der Waals surface area contributed by atoms with Crippen molar-refractivity contribution in [3.8, 4) is 0 Å². The number of carbonyl (C=O) groups excluding carboxylic acids is 1. The molecule has 0 aromatic heterocycles. The first-order chi connectivity index (χ1) is 10.9. The van der Waals surface area contributed by atoms with Crippen LogP contribution in [-0.4, -0.2) is 53.9 Å². The molecule has 1 aromatic rings. The number of carbonyl (C=O) groups is 1. The van der Waals surface area contributed by atoms with Gasteiger partial charge in [-0.05, 0) is 32.0 Å². The summed E-state index contributed by atoms with van der Waals surface area (Å²) in [6.45, 7) is 6.27. The lowest BCUT2D eigenvalue weighted by Gasteiger charge is -2.39. The molecule has 1 heterocycles. The Morgan fingerprint density at radius 1 is 1.48 bits per heavy atom. The van der Waals surface area contributed by atoms with E-state index < -0.39 is 0 Å². The maximum atomic E-state index is 13.1. The first kappa shape index (κ1) is 17.6. The van der Waals surface area contributed by atoms with Crippen LogP contribution >= 0.6 is 11.8 Å². The molecule has 126 valence electrons. The number of benzene rings is 1. The maximum absolute atomic E-state index is 13.1. The van der Waals surface area contributed by atoms with Crippen molar-refractivity contribution in [1.82, 2.24) is 10.2 Å². The Kier molecular flexibility index (Phi) is 5.87. The Balaban J connectivity index is 1.87. The molecule has 0 saturated carbocycles. The first-order valence-electron chi connectivity index (χ1n) is 7.54. The maximum Gasteiger partial charge on any atom is 0.243 e. The molecule has 0 aliphatic carbocycles. The van der Waals surface area contributed by atoms with Crippen molar-refractivity contribution in [3.05, 3.63) is 30.1 Å². The summed E-state index contributed by atoms with van der Waals surface area (Å²) in [7, 11) is 1.71. The van der Waals surface area contributed by atoms with E-state index in [0.29, 0.717) is 11.6 Å². The summed E-state index contributed by atoms with van der Waals surface area (Å²) in [5.41, 5.74) is 0.447. The largest absolute Gasteiger partial charge is 0.347 e.